The molecule has 1 aliphatic rings. The zero-order valence-corrected chi connectivity index (χ0v) is 18.0. The SMILES string of the molecule is CC1CNc2nccc(-c3cccc(CNC(=O)CCNC(=O)OC(C)(C)C)c3)c21. The van der Waals surface area contributed by atoms with Gasteiger partial charge in [0.05, 0.1) is 0 Å². The third-order valence-electron chi connectivity index (χ3n) is 4.81. The number of carbonyl (C=O) groups is 2. The Morgan fingerprint density at radius 1 is 1.23 bits per heavy atom. The second kappa shape index (κ2) is 9.15. The number of rotatable bonds is 6. The molecule has 3 N–H and O–H groups in total. The molecule has 0 radical (unpaired) electrons. The molecule has 0 saturated carbocycles. The van der Waals surface area contributed by atoms with E-state index in [1.54, 1.807) is 20.8 Å². The van der Waals surface area contributed by atoms with Crippen molar-refractivity contribution in [3.63, 3.8) is 0 Å². The minimum atomic E-state index is -0.555. The molecule has 0 bridgehead atoms. The fourth-order valence-electron chi connectivity index (χ4n) is 3.45. The second-order valence-electron chi connectivity index (χ2n) is 8.56. The molecule has 0 fully saturated rings. The molecule has 0 aliphatic carbocycles. The van der Waals surface area contributed by atoms with Crippen LogP contribution in [-0.4, -0.2) is 35.7 Å². The zero-order valence-electron chi connectivity index (χ0n) is 18.0. The monoisotopic (exact) mass is 410 g/mol. The largest absolute Gasteiger partial charge is 0.444 e. The Morgan fingerprint density at radius 3 is 2.80 bits per heavy atom. The molecular weight excluding hydrogens is 380 g/mol. The summed E-state index contributed by atoms with van der Waals surface area (Å²) in [6, 6.07) is 10.2. The molecule has 1 atom stereocenters. The van der Waals surface area contributed by atoms with Gasteiger partial charge in [0.1, 0.15) is 11.4 Å². The molecule has 2 aromatic rings. The van der Waals surface area contributed by atoms with E-state index in [2.05, 4.69) is 40.0 Å². The van der Waals surface area contributed by atoms with Crippen LogP contribution in [0.2, 0.25) is 0 Å². The molecule has 1 aromatic carbocycles. The Kier molecular flexibility index (Phi) is 6.59. The predicted octanol–water partition coefficient (Wildman–Crippen LogP) is 3.81. The number of carbonyl (C=O) groups excluding carboxylic acids is 2. The van der Waals surface area contributed by atoms with Crippen LogP contribution in [0.4, 0.5) is 10.6 Å². The third-order valence-corrected chi connectivity index (χ3v) is 4.81. The number of alkyl carbamates (subject to hydrolysis) is 1. The highest BCUT2D eigenvalue weighted by molar-refractivity contribution is 5.77. The highest BCUT2D eigenvalue weighted by atomic mass is 16.6. The minimum absolute atomic E-state index is 0.126. The molecular formula is C23H30N4O3. The lowest BCUT2D eigenvalue weighted by molar-refractivity contribution is -0.121. The van der Waals surface area contributed by atoms with Crippen LogP contribution in [0.15, 0.2) is 36.5 Å². The molecule has 160 valence electrons. The van der Waals surface area contributed by atoms with E-state index in [9.17, 15) is 9.59 Å². The van der Waals surface area contributed by atoms with Gasteiger partial charge in [-0.2, -0.15) is 0 Å². The smallest absolute Gasteiger partial charge is 0.407 e. The summed E-state index contributed by atoms with van der Waals surface area (Å²) >= 11 is 0. The van der Waals surface area contributed by atoms with E-state index in [0.717, 1.165) is 23.5 Å². The van der Waals surface area contributed by atoms with Gasteiger partial charge in [-0.3, -0.25) is 4.79 Å². The van der Waals surface area contributed by atoms with Crippen LogP contribution in [0.5, 0.6) is 0 Å². The van der Waals surface area contributed by atoms with E-state index in [-0.39, 0.29) is 18.9 Å². The van der Waals surface area contributed by atoms with Gasteiger partial charge in [0.25, 0.3) is 0 Å². The van der Waals surface area contributed by atoms with Crippen LogP contribution in [0.1, 0.15) is 51.2 Å². The number of hydrogen-bond acceptors (Lipinski definition) is 5. The molecule has 3 rings (SSSR count). The predicted molar refractivity (Wildman–Crippen MR) is 117 cm³/mol. The lowest BCUT2D eigenvalue weighted by atomic mass is 9.94. The van der Waals surface area contributed by atoms with Crippen molar-refractivity contribution >= 4 is 17.8 Å². The van der Waals surface area contributed by atoms with Crippen molar-refractivity contribution in [2.75, 3.05) is 18.4 Å². The molecule has 2 heterocycles. The number of ether oxygens (including phenoxy) is 1. The summed E-state index contributed by atoms with van der Waals surface area (Å²) in [6.45, 7) is 9.14. The highest BCUT2D eigenvalue weighted by Crippen LogP contribution is 2.37. The van der Waals surface area contributed by atoms with Crippen molar-refractivity contribution < 1.29 is 14.3 Å². The van der Waals surface area contributed by atoms with Crippen molar-refractivity contribution in [2.24, 2.45) is 0 Å². The summed E-state index contributed by atoms with van der Waals surface area (Å²) in [5.74, 6) is 1.24. The molecule has 7 heteroatoms. The first-order valence-corrected chi connectivity index (χ1v) is 10.3. The van der Waals surface area contributed by atoms with E-state index in [1.165, 1.54) is 11.1 Å². The van der Waals surface area contributed by atoms with Crippen molar-refractivity contribution in [3.05, 3.63) is 47.7 Å². The maximum absolute atomic E-state index is 12.1. The zero-order chi connectivity index (χ0) is 21.7. The van der Waals surface area contributed by atoms with Crippen LogP contribution >= 0.6 is 0 Å². The van der Waals surface area contributed by atoms with Crippen LogP contribution in [0.3, 0.4) is 0 Å². The maximum atomic E-state index is 12.1. The van der Waals surface area contributed by atoms with Crippen LogP contribution in [0, 0.1) is 0 Å². The van der Waals surface area contributed by atoms with Crippen LogP contribution < -0.4 is 16.0 Å². The standard InChI is InChI=1S/C23H30N4O3/c1-15-13-27-21-20(15)18(8-10-24-21)17-7-5-6-16(12-17)14-26-19(28)9-11-25-22(29)30-23(2,3)4/h5-8,10,12,15H,9,11,13-14H2,1-4H3,(H,24,27)(H,25,29)(H,26,28). The fourth-order valence-corrected chi connectivity index (χ4v) is 3.45. The lowest BCUT2D eigenvalue weighted by Gasteiger charge is -2.19. The van der Waals surface area contributed by atoms with Crippen LogP contribution in [-0.2, 0) is 16.1 Å². The molecule has 1 aromatic heterocycles. The van der Waals surface area contributed by atoms with Crippen molar-refractivity contribution in [3.8, 4) is 11.1 Å². The van der Waals surface area contributed by atoms with Crippen LogP contribution in [0.25, 0.3) is 11.1 Å². The number of benzene rings is 1. The first kappa shape index (κ1) is 21.6. The van der Waals surface area contributed by atoms with Gasteiger partial charge in [-0.15, -0.1) is 0 Å². The number of aromatic nitrogens is 1. The van der Waals surface area contributed by atoms with E-state index >= 15 is 0 Å². The van der Waals surface area contributed by atoms with E-state index in [0.29, 0.717) is 12.5 Å². The highest BCUT2D eigenvalue weighted by Gasteiger charge is 2.23. The van der Waals surface area contributed by atoms with Crippen molar-refractivity contribution in [2.45, 2.75) is 52.2 Å². The van der Waals surface area contributed by atoms with Gasteiger partial charge in [-0.1, -0.05) is 25.1 Å². The molecule has 1 unspecified atom stereocenters. The molecule has 0 spiro atoms. The van der Waals surface area contributed by atoms with E-state index in [4.69, 9.17) is 4.74 Å². The number of anilines is 1. The Bertz CT molecular complexity index is 921. The summed E-state index contributed by atoms with van der Waals surface area (Å²) in [6.07, 6.45) is 1.50. The number of nitrogens with one attached hydrogen (secondary N) is 3. The van der Waals surface area contributed by atoms with Crippen molar-refractivity contribution in [1.29, 1.82) is 0 Å². The molecule has 0 saturated heterocycles. The number of nitrogens with zero attached hydrogens (tertiary/aromatic N) is 1. The number of hydrogen-bond donors (Lipinski definition) is 3. The first-order valence-electron chi connectivity index (χ1n) is 10.3. The average Bonchev–Trinajstić information content (AvgIpc) is 3.06. The summed E-state index contributed by atoms with van der Waals surface area (Å²) in [5, 5.41) is 8.85. The number of fused-ring (bicyclic) bond motifs is 1. The van der Waals surface area contributed by atoms with Gasteiger partial charge in [0.2, 0.25) is 5.91 Å². The van der Waals surface area contributed by atoms with Gasteiger partial charge < -0.3 is 20.7 Å². The normalized spacial score (nSPS) is 15.1. The van der Waals surface area contributed by atoms with E-state index in [1.807, 2.05) is 24.4 Å². The molecule has 30 heavy (non-hydrogen) atoms. The third kappa shape index (κ3) is 5.72. The van der Waals surface area contributed by atoms with E-state index < -0.39 is 11.7 Å². The Balaban J connectivity index is 1.54. The number of amides is 2. The maximum Gasteiger partial charge on any atom is 0.407 e. The Hall–Kier alpha value is -3.09. The summed E-state index contributed by atoms with van der Waals surface area (Å²) < 4.78 is 5.15. The first-order chi connectivity index (χ1) is 14.2. The average molecular weight is 411 g/mol. The van der Waals surface area contributed by atoms with Gasteiger partial charge in [-0.25, -0.2) is 9.78 Å². The Labute approximate surface area is 177 Å². The summed E-state index contributed by atoms with van der Waals surface area (Å²) in [7, 11) is 0. The quantitative estimate of drug-likeness (QED) is 0.673. The fraction of sp³-hybridized carbons (Fsp3) is 0.435. The van der Waals surface area contributed by atoms with Gasteiger partial charge in [0.15, 0.2) is 0 Å². The van der Waals surface area contributed by atoms with Gasteiger partial charge in [-0.05, 0) is 49.6 Å². The second-order valence-corrected chi connectivity index (χ2v) is 8.56. The molecule has 2 amide bonds. The van der Waals surface area contributed by atoms with Crippen molar-refractivity contribution in [1.82, 2.24) is 15.6 Å². The molecule has 7 nitrogen and oxygen atoms in total. The Morgan fingerprint density at radius 2 is 2.03 bits per heavy atom. The lowest BCUT2D eigenvalue weighted by Crippen LogP contribution is -2.35. The molecule has 1 aliphatic heterocycles. The van der Waals surface area contributed by atoms with Gasteiger partial charge >= 0.3 is 6.09 Å². The summed E-state index contributed by atoms with van der Waals surface area (Å²) in [5.41, 5.74) is 3.99. The minimum Gasteiger partial charge on any atom is -0.444 e. The topological polar surface area (TPSA) is 92.4 Å². The summed E-state index contributed by atoms with van der Waals surface area (Å²) in [4.78, 5) is 28.2. The number of pyridine rings is 1. The van der Waals surface area contributed by atoms with Gasteiger partial charge in [0, 0.05) is 43.7 Å².